The maximum Gasteiger partial charge on any atom is 0.205 e. The van der Waals surface area contributed by atoms with Crippen LogP contribution in [0.5, 0.6) is 5.75 Å². The lowest BCUT2D eigenvalue weighted by Gasteiger charge is -1.99. The van der Waals surface area contributed by atoms with Crippen molar-refractivity contribution in [3.05, 3.63) is 28.0 Å². The lowest BCUT2D eigenvalue weighted by molar-refractivity contribution is 0.0960. The van der Waals surface area contributed by atoms with Gasteiger partial charge in [-0.1, -0.05) is 0 Å². The Kier molecular flexibility index (Phi) is 1.65. The number of benzene rings is 1. The van der Waals surface area contributed by atoms with E-state index in [9.17, 15) is 9.18 Å². The Morgan fingerprint density at radius 2 is 2.25 bits per heavy atom. The van der Waals surface area contributed by atoms with Crippen LogP contribution in [0.25, 0.3) is 0 Å². The zero-order valence-electron chi connectivity index (χ0n) is 5.93. The Morgan fingerprint density at radius 1 is 1.50 bits per heavy atom. The normalized spacial score (nSPS) is 14.3. The Bertz CT molecular complexity index is 362. The molecule has 0 aliphatic carbocycles. The van der Waals surface area contributed by atoms with Gasteiger partial charge in [-0.15, -0.1) is 0 Å². The van der Waals surface area contributed by atoms with Crippen molar-refractivity contribution in [2.45, 2.75) is 0 Å². The molecule has 0 bridgehead atoms. The average molecular weight is 231 g/mol. The van der Waals surface area contributed by atoms with Crippen LogP contribution in [0, 0.1) is 5.82 Å². The van der Waals surface area contributed by atoms with Crippen molar-refractivity contribution in [2.24, 2.45) is 0 Å². The van der Waals surface area contributed by atoms with Crippen molar-refractivity contribution >= 4 is 21.7 Å². The molecule has 1 aromatic rings. The van der Waals surface area contributed by atoms with E-state index in [1.807, 2.05) is 0 Å². The number of halogens is 2. The van der Waals surface area contributed by atoms with Gasteiger partial charge in [-0.2, -0.15) is 0 Å². The standard InChI is InChI=1S/C8H4BrFO2/c9-4-1-2-5(10)8-7(4)6(11)3-12-8/h1-2H,3H2. The summed E-state index contributed by atoms with van der Waals surface area (Å²) in [6, 6.07) is 2.77. The minimum atomic E-state index is -0.487. The smallest absolute Gasteiger partial charge is 0.205 e. The fourth-order valence-corrected chi connectivity index (χ4v) is 1.68. The van der Waals surface area contributed by atoms with E-state index in [0.29, 0.717) is 10.0 Å². The second-order valence-electron chi connectivity index (χ2n) is 2.45. The van der Waals surface area contributed by atoms with Crippen molar-refractivity contribution in [1.29, 1.82) is 0 Å². The molecule has 0 aromatic heterocycles. The molecule has 0 amide bonds. The lowest BCUT2D eigenvalue weighted by atomic mass is 10.1. The molecular weight excluding hydrogens is 227 g/mol. The van der Waals surface area contributed by atoms with E-state index in [0.717, 1.165) is 0 Å². The van der Waals surface area contributed by atoms with Crippen molar-refractivity contribution in [1.82, 2.24) is 0 Å². The van der Waals surface area contributed by atoms with Crippen LogP contribution < -0.4 is 4.74 Å². The van der Waals surface area contributed by atoms with E-state index >= 15 is 0 Å². The molecule has 0 atom stereocenters. The highest BCUT2D eigenvalue weighted by atomic mass is 79.9. The Hall–Kier alpha value is -0.900. The van der Waals surface area contributed by atoms with E-state index in [4.69, 9.17) is 4.74 Å². The van der Waals surface area contributed by atoms with Gasteiger partial charge >= 0.3 is 0 Å². The second-order valence-corrected chi connectivity index (χ2v) is 3.30. The molecule has 1 heterocycles. The summed E-state index contributed by atoms with van der Waals surface area (Å²) in [6.07, 6.45) is 0. The van der Waals surface area contributed by atoms with E-state index in [2.05, 4.69) is 15.9 Å². The molecule has 2 rings (SSSR count). The summed E-state index contributed by atoms with van der Waals surface area (Å²) in [5.74, 6) is -0.607. The average Bonchev–Trinajstić information content (AvgIpc) is 2.42. The van der Waals surface area contributed by atoms with Gasteiger partial charge in [-0.05, 0) is 28.1 Å². The van der Waals surface area contributed by atoms with Gasteiger partial charge in [-0.3, -0.25) is 4.79 Å². The number of carbonyl (C=O) groups excluding carboxylic acids is 1. The summed E-state index contributed by atoms with van der Waals surface area (Å²) in [4.78, 5) is 11.1. The Labute approximate surface area is 76.5 Å². The molecule has 0 saturated carbocycles. The number of fused-ring (bicyclic) bond motifs is 1. The lowest BCUT2D eigenvalue weighted by Crippen LogP contribution is -1.99. The third-order valence-electron chi connectivity index (χ3n) is 1.69. The molecular formula is C8H4BrFO2. The summed E-state index contributed by atoms with van der Waals surface area (Å²) in [5, 5.41) is 0. The van der Waals surface area contributed by atoms with Gasteiger partial charge in [0.05, 0.1) is 5.56 Å². The number of Topliss-reactive ketones (excluding diaryl/α,β-unsaturated/α-hetero) is 1. The first kappa shape index (κ1) is 7.73. The van der Waals surface area contributed by atoms with Crippen LogP contribution in [0.15, 0.2) is 16.6 Å². The highest BCUT2D eigenvalue weighted by Gasteiger charge is 2.26. The van der Waals surface area contributed by atoms with Crippen LogP contribution in [0.3, 0.4) is 0 Å². The molecule has 12 heavy (non-hydrogen) atoms. The minimum absolute atomic E-state index is 0.0606. The van der Waals surface area contributed by atoms with E-state index in [-0.39, 0.29) is 18.1 Å². The third-order valence-corrected chi connectivity index (χ3v) is 2.35. The minimum Gasteiger partial charge on any atom is -0.482 e. The van der Waals surface area contributed by atoms with Crippen LogP contribution in [0.4, 0.5) is 4.39 Å². The predicted molar refractivity (Wildman–Crippen MR) is 43.9 cm³/mol. The number of rotatable bonds is 0. The first-order valence-electron chi connectivity index (χ1n) is 3.34. The quantitative estimate of drug-likeness (QED) is 0.683. The predicted octanol–water partition coefficient (Wildman–Crippen LogP) is 2.16. The van der Waals surface area contributed by atoms with Gasteiger partial charge in [0.25, 0.3) is 0 Å². The fourth-order valence-electron chi connectivity index (χ4n) is 1.14. The van der Waals surface area contributed by atoms with Gasteiger partial charge in [-0.25, -0.2) is 4.39 Å². The van der Waals surface area contributed by atoms with Crippen molar-refractivity contribution < 1.29 is 13.9 Å². The van der Waals surface area contributed by atoms with Crippen molar-refractivity contribution in [3.8, 4) is 5.75 Å². The zero-order chi connectivity index (χ0) is 8.72. The van der Waals surface area contributed by atoms with Crippen molar-refractivity contribution in [2.75, 3.05) is 6.61 Å². The van der Waals surface area contributed by atoms with Crippen LogP contribution in [0.2, 0.25) is 0 Å². The van der Waals surface area contributed by atoms with E-state index in [1.165, 1.54) is 12.1 Å². The summed E-state index contributed by atoms with van der Waals surface area (Å²) in [5.41, 5.74) is 0.315. The number of hydrogen-bond donors (Lipinski definition) is 0. The zero-order valence-corrected chi connectivity index (χ0v) is 7.52. The Balaban J connectivity index is 2.72. The number of ketones is 1. The van der Waals surface area contributed by atoms with Crippen LogP contribution in [-0.2, 0) is 0 Å². The molecule has 0 radical (unpaired) electrons. The van der Waals surface area contributed by atoms with Gasteiger partial charge in [0.15, 0.2) is 18.2 Å². The molecule has 4 heteroatoms. The van der Waals surface area contributed by atoms with E-state index < -0.39 is 5.82 Å². The first-order chi connectivity index (χ1) is 5.70. The summed E-state index contributed by atoms with van der Waals surface area (Å²) < 4.78 is 18.4. The molecule has 1 aliphatic heterocycles. The second kappa shape index (κ2) is 2.55. The van der Waals surface area contributed by atoms with E-state index in [1.54, 1.807) is 0 Å². The van der Waals surface area contributed by atoms with Gasteiger partial charge in [0.1, 0.15) is 0 Å². The van der Waals surface area contributed by atoms with Gasteiger partial charge in [0.2, 0.25) is 5.78 Å². The molecule has 0 fully saturated rings. The summed E-state index contributed by atoms with van der Waals surface area (Å²) >= 11 is 3.15. The molecule has 0 unspecified atom stereocenters. The third kappa shape index (κ3) is 0.948. The molecule has 0 spiro atoms. The molecule has 1 aromatic carbocycles. The largest absolute Gasteiger partial charge is 0.482 e. The number of hydrogen-bond acceptors (Lipinski definition) is 2. The first-order valence-corrected chi connectivity index (χ1v) is 4.13. The number of ether oxygens (including phenoxy) is 1. The SMILES string of the molecule is O=C1COc2c(F)ccc(Br)c21. The molecule has 1 aliphatic rings. The Morgan fingerprint density at radius 3 is 2.92 bits per heavy atom. The van der Waals surface area contributed by atoms with Gasteiger partial charge in [0, 0.05) is 4.47 Å². The molecule has 62 valence electrons. The highest BCUT2D eigenvalue weighted by Crippen LogP contribution is 2.33. The molecule has 0 saturated heterocycles. The van der Waals surface area contributed by atoms with Crippen molar-refractivity contribution in [3.63, 3.8) is 0 Å². The van der Waals surface area contributed by atoms with Gasteiger partial charge < -0.3 is 4.74 Å². The van der Waals surface area contributed by atoms with Crippen LogP contribution in [-0.4, -0.2) is 12.4 Å². The fraction of sp³-hybridized carbons (Fsp3) is 0.125. The summed E-state index contributed by atoms with van der Waals surface area (Å²) in [6.45, 7) is -0.0606. The maximum atomic E-state index is 12.9. The molecule has 2 nitrogen and oxygen atoms in total. The maximum absolute atomic E-state index is 12.9. The molecule has 0 N–H and O–H groups in total. The topological polar surface area (TPSA) is 26.3 Å². The summed E-state index contributed by atoms with van der Waals surface area (Å²) in [7, 11) is 0. The highest BCUT2D eigenvalue weighted by molar-refractivity contribution is 9.10. The number of carbonyl (C=O) groups is 1. The van der Waals surface area contributed by atoms with Crippen LogP contribution in [0.1, 0.15) is 10.4 Å². The monoisotopic (exact) mass is 230 g/mol. The van der Waals surface area contributed by atoms with Crippen LogP contribution >= 0.6 is 15.9 Å².